The lowest BCUT2D eigenvalue weighted by Gasteiger charge is -2.46. The Morgan fingerprint density at radius 2 is 1.50 bits per heavy atom. The van der Waals surface area contributed by atoms with Crippen LogP contribution in [0.4, 0.5) is 0 Å². The van der Waals surface area contributed by atoms with Crippen molar-refractivity contribution in [3.05, 3.63) is 0 Å². The number of rotatable bonds is 10. The number of aliphatic carboxylic acids is 1. The Kier molecular flexibility index (Phi) is 9.77. The molecule has 2 fully saturated rings. The third-order valence-corrected chi connectivity index (χ3v) is 5.01. The van der Waals surface area contributed by atoms with E-state index in [0.29, 0.717) is 0 Å². The zero-order valence-corrected chi connectivity index (χ0v) is 16.4. The number of aliphatic hydroxyl groups excluding tert-OH is 6. The lowest BCUT2D eigenvalue weighted by molar-refractivity contribution is -0.360. The van der Waals surface area contributed by atoms with E-state index in [0.717, 1.165) is 0 Å². The summed E-state index contributed by atoms with van der Waals surface area (Å²) in [6.07, 6.45) is -13.9. The quantitative estimate of drug-likeness (QED) is 0.162. The Hall–Kier alpha value is -0.970. The minimum atomic E-state index is -1.72. The summed E-state index contributed by atoms with van der Waals surface area (Å²) in [6, 6.07) is 0. The first-order chi connectivity index (χ1) is 14.2. The van der Waals surface area contributed by atoms with Crippen molar-refractivity contribution in [3.8, 4) is 0 Å². The molecule has 0 spiro atoms. The van der Waals surface area contributed by atoms with E-state index in [2.05, 4.69) is 0 Å². The molecule has 0 aliphatic carbocycles. The zero-order valence-electron chi connectivity index (χ0n) is 16.4. The van der Waals surface area contributed by atoms with Gasteiger partial charge in [0.05, 0.1) is 13.2 Å². The summed E-state index contributed by atoms with van der Waals surface area (Å²) in [5.41, 5.74) is 0. The minimum absolute atomic E-state index is 0.0339. The summed E-state index contributed by atoms with van der Waals surface area (Å²) in [6.45, 7) is -1.31. The predicted molar refractivity (Wildman–Crippen MR) is 94.0 cm³/mol. The van der Waals surface area contributed by atoms with Gasteiger partial charge in [-0.1, -0.05) is 0 Å². The zero-order chi connectivity index (χ0) is 22.4. The molecule has 0 saturated carbocycles. The molecule has 2 aliphatic rings. The number of methoxy groups -OCH3 is 1. The van der Waals surface area contributed by atoms with Crippen LogP contribution in [-0.4, -0.2) is 130 Å². The van der Waals surface area contributed by atoms with Crippen LogP contribution < -0.4 is 0 Å². The first-order valence-electron chi connectivity index (χ1n) is 9.51. The fourth-order valence-electron chi connectivity index (χ4n) is 3.35. The molecule has 0 bridgehead atoms. The molecule has 7 N–H and O–H groups in total. The van der Waals surface area contributed by atoms with Gasteiger partial charge in [0.2, 0.25) is 0 Å². The van der Waals surface area contributed by atoms with Crippen molar-refractivity contribution in [2.45, 2.75) is 74.3 Å². The van der Waals surface area contributed by atoms with Crippen molar-refractivity contribution < 1.29 is 64.2 Å². The van der Waals surface area contributed by atoms with Gasteiger partial charge in [0, 0.05) is 20.1 Å². The molecule has 10 atom stereocenters. The number of aliphatic hydroxyl groups is 6. The molecule has 0 aromatic heterocycles. The van der Waals surface area contributed by atoms with Crippen LogP contribution in [-0.2, 0) is 28.5 Å². The third kappa shape index (κ3) is 5.83. The molecular weight excluding hydrogens is 412 g/mol. The molecule has 13 heteroatoms. The summed E-state index contributed by atoms with van der Waals surface area (Å²) in [4.78, 5) is 10.6. The molecule has 2 heterocycles. The molecule has 2 aliphatic heterocycles. The number of hydrogen-bond donors (Lipinski definition) is 7. The van der Waals surface area contributed by atoms with Crippen LogP contribution in [0.3, 0.4) is 0 Å². The Morgan fingerprint density at radius 3 is 2.07 bits per heavy atom. The molecule has 0 amide bonds. The van der Waals surface area contributed by atoms with Gasteiger partial charge in [-0.2, -0.15) is 0 Å². The van der Waals surface area contributed by atoms with Crippen molar-refractivity contribution >= 4 is 5.97 Å². The Labute approximate surface area is 172 Å². The molecule has 176 valence electrons. The highest BCUT2D eigenvalue weighted by molar-refractivity contribution is 5.66. The average molecular weight is 442 g/mol. The molecule has 30 heavy (non-hydrogen) atoms. The van der Waals surface area contributed by atoms with Gasteiger partial charge in [-0.3, -0.25) is 4.79 Å². The number of carbonyl (C=O) groups is 1. The van der Waals surface area contributed by atoms with Crippen molar-refractivity contribution in [2.24, 2.45) is 0 Å². The molecule has 13 nitrogen and oxygen atoms in total. The maximum absolute atomic E-state index is 10.8. The lowest BCUT2D eigenvalue weighted by Crippen LogP contribution is -2.65. The maximum Gasteiger partial charge on any atom is 0.303 e. The molecule has 0 aromatic carbocycles. The van der Waals surface area contributed by atoms with E-state index in [1.54, 1.807) is 0 Å². The fraction of sp³-hybridized carbons (Fsp3) is 0.941. The minimum Gasteiger partial charge on any atom is -0.481 e. The molecule has 0 radical (unpaired) electrons. The molecule has 0 unspecified atom stereocenters. The van der Waals surface area contributed by atoms with Crippen LogP contribution in [0.1, 0.15) is 12.8 Å². The van der Waals surface area contributed by atoms with Crippen LogP contribution >= 0.6 is 0 Å². The highest BCUT2D eigenvalue weighted by Crippen LogP contribution is 2.30. The van der Waals surface area contributed by atoms with Gasteiger partial charge in [0.1, 0.15) is 48.8 Å². The van der Waals surface area contributed by atoms with Gasteiger partial charge in [-0.15, -0.1) is 0 Å². The second-order valence-corrected chi connectivity index (χ2v) is 7.08. The van der Waals surface area contributed by atoms with Crippen molar-refractivity contribution in [3.63, 3.8) is 0 Å². The van der Waals surface area contributed by atoms with E-state index < -0.39 is 80.6 Å². The van der Waals surface area contributed by atoms with E-state index in [-0.39, 0.29) is 19.4 Å². The summed E-state index contributed by atoms with van der Waals surface area (Å²) in [5.74, 6) is -1.01. The van der Waals surface area contributed by atoms with Crippen LogP contribution in [0.15, 0.2) is 0 Å². The SMILES string of the molecule is CO[C@@H]1O[C@H](CO)[C@H](O[C@H]2O[C@H](CO)[C@H](O)[C@H](O)[C@H]2O)[C@H](O)[C@H]1OCCCC(=O)O. The summed E-state index contributed by atoms with van der Waals surface area (Å²) in [7, 11) is 1.29. The van der Waals surface area contributed by atoms with Crippen LogP contribution in [0.2, 0.25) is 0 Å². The molecule has 2 rings (SSSR count). The normalized spacial score (nSPS) is 42.2. The topological polar surface area (TPSA) is 205 Å². The van der Waals surface area contributed by atoms with Gasteiger partial charge in [0.15, 0.2) is 12.6 Å². The van der Waals surface area contributed by atoms with Gasteiger partial charge >= 0.3 is 5.97 Å². The average Bonchev–Trinajstić information content (AvgIpc) is 2.73. The fourth-order valence-corrected chi connectivity index (χ4v) is 3.35. The lowest BCUT2D eigenvalue weighted by atomic mass is 9.97. The Morgan fingerprint density at radius 1 is 0.867 bits per heavy atom. The predicted octanol–water partition coefficient (Wildman–Crippen LogP) is -3.85. The number of ether oxygens (including phenoxy) is 5. The van der Waals surface area contributed by atoms with Crippen LogP contribution in [0, 0.1) is 0 Å². The van der Waals surface area contributed by atoms with Gasteiger partial charge in [0.25, 0.3) is 0 Å². The monoisotopic (exact) mass is 442 g/mol. The van der Waals surface area contributed by atoms with Gasteiger partial charge < -0.3 is 59.4 Å². The summed E-state index contributed by atoms with van der Waals surface area (Å²) < 4.78 is 27.0. The van der Waals surface area contributed by atoms with E-state index in [1.807, 2.05) is 0 Å². The van der Waals surface area contributed by atoms with Gasteiger partial charge in [-0.25, -0.2) is 0 Å². The second-order valence-electron chi connectivity index (χ2n) is 7.08. The molecular formula is C17H30O13. The summed E-state index contributed by atoms with van der Waals surface area (Å²) in [5, 5.41) is 68.3. The smallest absolute Gasteiger partial charge is 0.303 e. The highest BCUT2D eigenvalue weighted by atomic mass is 16.7. The van der Waals surface area contributed by atoms with Crippen molar-refractivity contribution in [1.29, 1.82) is 0 Å². The van der Waals surface area contributed by atoms with Crippen LogP contribution in [0.25, 0.3) is 0 Å². The second kappa shape index (κ2) is 11.6. The van der Waals surface area contributed by atoms with Crippen LogP contribution in [0.5, 0.6) is 0 Å². The molecule has 2 saturated heterocycles. The Bertz CT molecular complexity index is 532. The van der Waals surface area contributed by atoms with E-state index in [1.165, 1.54) is 7.11 Å². The van der Waals surface area contributed by atoms with E-state index in [9.17, 15) is 35.4 Å². The van der Waals surface area contributed by atoms with E-state index in [4.69, 9.17) is 28.8 Å². The maximum atomic E-state index is 10.8. The van der Waals surface area contributed by atoms with Crippen molar-refractivity contribution in [1.82, 2.24) is 0 Å². The number of carboxylic acids is 1. The third-order valence-electron chi connectivity index (χ3n) is 5.01. The largest absolute Gasteiger partial charge is 0.481 e. The first-order valence-corrected chi connectivity index (χ1v) is 9.51. The van der Waals surface area contributed by atoms with Crippen molar-refractivity contribution in [2.75, 3.05) is 26.9 Å². The highest BCUT2D eigenvalue weighted by Gasteiger charge is 2.51. The standard InChI is InChI=1S/C17H30O13/c1-26-17-15(27-4-2-3-9(20)21)13(25)14(8(6-19)29-17)30-16-12(24)11(23)10(22)7(5-18)28-16/h7-8,10-19,22-25H,2-6H2,1H3,(H,20,21)/t7-,8-,10+,11+,12-,13+,14+,15-,16-,17-/m1/s1. The Balaban J connectivity index is 2.10. The summed E-state index contributed by atoms with van der Waals surface area (Å²) >= 11 is 0. The molecule has 0 aromatic rings. The first kappa shape index (κ1) is 25.3. The van der Waals surface area contributed by atoms with Gasteiger partial charge in [-0.05, 0) is 6.42 Å². The number of hydrogen-bond acceptors (Lipinski definition) is 12. The number of carboxylic acid groups (broad SMARTS) is 1. The van der Waals surface area contributed by atoms with E-state index >= 15 is 0 Å².